The molecule has 18 heteroatoms. The van der Waals surface area contributed by atoms with Gasteiger partial charge in [-0.1, -0.05) is 77.9 Å². The summed E-state index contributed by atoms with van der Waals surface area (Å²) in [5.41, 5.74) is 8.65. The zero-order chi connectivity index (χ0) is 49.4. The quantitative estimate of drug-likeness (QED) is 0.0367. The summed E-state index contributed by atoms with van der Waals surface area (Å²) in [4.78, 5) is 29.0. The Labute approximate surface area is 407 Å². The number of nitrogens with zero attached hydrogens (tertiary/aromatic N) is 6. The molecule has 0 atom stereocenters. The van der Waals surface area contributed by atoms with Gasteiger partial charge < -0.3 is 48.1 Å². The van der Waals surface area contributed by atoms with E-state index >= 15 is 0 Å². The van der Waals surface area contributed by atoms with E-state index in [0.717, 1.165) is 44.3 Å². The molecule has 0 bridgehead atoms. The van der Waals surface area contributed by atoms with Crippen LogP contribution in [0.15, 0.2) is 72.8 Å². The number of esters is 2. The van der Waals surface area contributed by atoms with Crippen LogP contribution in [0.3, 0.4) is 0 Å². The maximum absolute atomic E-state index is 12.6. The van der Waals surface area contributed by atoms with Gasteiger partial charge in [-0.3, -0.25) is 9.59 Å². The molecule has 0 aliphatic carbocycles. The number of aromatic nitrogens is 6. The van der Waals surface area contributed by atoms with E-state index in [1.54, 1.807) is 0 Å². The number of para-hydroxylation sites is 4. The van der Waals surface area contributed by atoms with Gasteiger partial charge in [0.25, 0.3) is 0 Å². The van der Waals surface area contributed by atoms with Crippen molar-refractivity contribution in [2.45, 2.75) is 78.1 Å². The number of fused-ring (bicyclic) bond motifs is 8. The van der Waals surface area contributed by atoms with Gasteiger partial charge in [-0.05, 0) is 71.2 Å². The molecule has 18 nitrogen and oxygen atoms in total. The first-order valence-corrected chi connectivity index (χ1v) is 24.2. The molecule has 0 radical (unpaired) electrons. The third-order valence-electron chi connectivity index (χ3n) is 12.1. The molecule has 0 aliphatic heterocycles. The number of rotatable bonds is 29. The van der Waals surface area contributed by atoms with Crippen molar-refractivity contribution in [3.63, 3.8) is 0 Å². The maximum atomic E-state index is 12.6. The predicted molar refractivity (Wildman–Crippen MR) is 262 cm³/mol. The summed E-state index contributed by atoms with van der Waals surface area (Å²) >= 11 is 0. The molecule has 70 heavy (non-hydrogen) atoms. The number of phenolic OH excluding ortho intramolecular Hbond substituents is 2. The molecule has 0 aliphatic rings. The van der Waals surface area contributed by atoms with Crippen LogP contribution in [0.2, 0.25) is 0 Å². The normalized spacial score (nSPS) is 12.6. The summed E-state index contributed by atoms with van der Waals surface area (Å²) in [5, 5.41) is 22.5. The summed E-state index contributed by atoms with van der Waals surface area (Å²) in [5.74, 6) is -0.140. The van der Waals surface area contributed by atoms with Gasteiger partial charge in [0, 0.05) is 24.0 Å². The minimum atomic E-state index is -0.307. The molecule has 0 saturated carbocycles. The Bertz CT molecular complexity index is 2640. The average molecular weight is 969 g/mol. The fraction of sp³-hybridized carbons (Fsp3) is 0.500. The van der Waals surface area contributed by atoms with Gasteiger partial charge in [0.05, 0.1) is 79.3 Å². The van der Waals surface area contributed by atoms with Crippen LogP contribution < -0.4 is 0 Å². The number of carbonyl (C=O) groups is 2. The van der Waals surface area contributed by atoms with Crippen LogP contribution in [-0.4, -0.2) is 143 Å². The van der Waals surface area contributed by atoms with E-state index in [2.05, 4.69) is 41.5 Å². The van der Waals surface area contributed by atoms with Gasteiger partial charge in [0.1, 0.15) is 58.2 Å². The van der Waals surface area contributed by atoms with Crippen molar-refractivity contribution in [2.75, 3.05) is 92.5 Å². The van der Waals surface area contributed by atoms with Crippen LogP contribution in [0.1, 0.15) is 76.6 Å². The van der Waals surface area contributed by atoms with Crippen LogP contribution in [-0.2, 0) is 71.2 Å². The highest BCUT2D eigenvalue weighted by atomic mass is 16.6. The zero-order valence-corrected chi connectivity index (χ0v) is 41.3. The Balaban J connectivity index is 0.583. The maximum Gasteiger partial charge on any atom is 0.306 e. The average Bonchev–Trinajstić information content (AvgIpc) is 4.20. The number of hydrogen-bond acceptors (Lipinski definition) is 12. The molecule has 4 heterocycles. The second kappa shape index (κ2) is 22.4. The molecule has 2 N–H and O–H groups in total. The van der Waals surface area contributed by atoms with Crippen molar-refractivity contribution in [3.05, 3.63) is 95.1 Å². The molecule has 8 aromatic rings. The Kier molecular flexibility index (Phi) is 16.1. The SMILES string of the molecule is CC(C)(C)c1cc(CCC(=O)OCCOCCOCCOCCOCCOCCOCCOC(=O)CCc2cc(-n3n4c5ccccc5n34)c(O)c(C(C)(C)C)c2)cc(-n2n3c4ccccc4n23)c1O. The third kappa shape index (κ3) is 11.9. The van der Waals surface area contributed by atoms with Gasteiger partial charge in [-0.2, -0.15) is 0 Å². The van der Waals surface area contributed by atoms with Gasteiger partial charge in [0.2, 0.25) is 0 Å². The fourth-order valence-corrected chi connectivity index (χ4v) is 8.35. The molecule has 0 amide bonds. The van der Waals surface area contributed by atoms with Crippen LogP contribution in [0.4, 0.5) is 0 Å². The molecule has 378 valence electrons. The summed E-state index contributed by atoms with van der Waals surface area (Å²) in [6, 6.07) is 24.0. The first kappa shape index (κ1) is 50.4. The molecular formula is C52H68N6O12. The standard InChI is InChI=1S/C52H68N6O12/c1-51(2,3)39-33-37(35-45(49(39)61)57-53-41-11-7-8-12-42(41)54(53)57)15-17-47(59)69-31-29-67-27-25-65-23-21-63-19-20-64-22-24-66-26-28-68-30-32-70-48(60)18-16-38-34-40(52(4,5)6)50(62)46(36-38)58-55-43-13-9-10-14-44(43)56(55)58/h7-14,33-36,61-62H,15-32H2,1-6H3. The zero-order valence-electron chi connectivity index (χ0n) is 41.3. The Morgan fingerprint density at radius 3 is 0.971 bits per heavy atom. The summed E-state index contributed by atoms with van der Waals surface area (Å²) in [7, 11) is 0. The lowest BCUT2D eigenvalue weighted by molar-refractivity contribution is -0.146. The van der Waals surface area contributed by atoms with Gasteiger partial charge in [-0.15, -0.1) is 28.1 Å². The lowest BCUT2D eigenvalue weighted by Crippen LogP contribution is -2.16. The highest BCUT2D eigenvalue weighted by Crippen LogP contribution is 2.40. The first-order valence-electron chi connectivity index (χ1n) is 24.2. The number of hydrogen-bond donors (Lipinski definition) is 2. The minimum absolute atomic E-state index is 0.157. The van der Waals surface area contributed by atoms with Crippen molar-refractivity contribution in [1.29, 1.82) is 0 Å². The molecule has 0 unspecified atom stereocenters. The Morgan fingerprint density at radius 1 is 0.429 bits per heavy atom. The Morgan fingerprint density at radius 2 is 0.700 bits per heavy atom. The van der Waals surface area contributed by atoms with Crippen molar-refractivity contribution in [1.82, 2.24) is 28.1 Å². The summed E-state index contributed by atoms with van der Waals surface area (Å²) in [6.07, 6.45) is 1.39. The second-order valence-electron chi connectivity index (χ2n) is 19.4. The predicted octanol–water partition coefficient (Wildman–Crippen LogP) is 6.91. The van der Waals surface area contributed by atoms with E-state index in [9.17, 15) is 19.8 Å². The van der Waals surface area contributed by atoms with Crippen LogP contribution >= 0.6 is 0 Å². The Hall–Kier alpha value is -6.02. The van der Waals surface area contributed by atoms with Crippen molar-refractivity contribution < 1.29 is 57.7 Å². The number of benzene rings is 4. The van der Waals surface area contributed by atoms with Gasteiger partial charge in [-0.25, -0.2) is 0 Å². The molecule has 0 fully saturated rings. The van der Waals surface area contributed by atoms with Crippen molar-refractivity contribution >= 4 is 34.0 Å². The topological polar surface area (TPSA) is 176 Å². The van der Waals surface area contributed by atoms with Crippen molar-refractivity contribution in [2.24, 2.45) is 0 Å². The number of aryl methyl sites for hydroxylation is 2. The molecule has 8 rings (SSSR count). The molecule has 0 spiro atoms. The van der Waals surface area contributed by atoms with Gasteiger partial charge in [0.15, 0.2) is 0 Å². The number of phenols is 2. The van der Waals surface area contributed by atoms with E-state index in [0.29, 0.717) is 90.3 Å². The molecule has 4 aromatic carbocycles. The van der Waals surface area contributed by atoms with E-state index in [4.69, 9.17) is 37.9 Å². The van der Waals surface area contributed by atoms with Crippen molar-refractivity contribution in [3.8, 4) is 22.9 Å². The summed E-state index contributed by atoms with van der Waals surface area (Å²) in [6.45, 7) is 17.3. The lowest BCUT2D eigenvalue weighted by atomic mass is 9.84. The van der Waals surface area contributed by atoms with Crippen LogP contribution in [0.5, 0.6) is 11.5 Å². The lowest BCUT2D eigenvalue weighted by Gasteiger charge is -2.22. The van der Waals surface area contributed by atoms with E-state index in [-0.39, 0.29) is 73.5 Å². The number of aromatic hydroxyl groups is 2. The second-order valence-corrected chi connectivity index (χ2v) is 19.4. The molecular weight excluding hydrogens is 901 g/mol. The largest absolute Gasteiger partial charge is 0.505 e. The van der Waals surface area contributed by atoms with E-state index < -0.39 is 0 Å². The molecule has 4 aromatic heterocycles. The highest BCUT2D eigenvalue weighted by molar-refractivity contribution is 5.81. The number of ether oxygens (including phenoxy) is 8. The van der Waals surface area contributed by atoms with Crippen LogP contribution in [0.25, 0.3) is 33.4 Å². The van der Waals surface area contributed by atoms with Gasteiger partial charge >= 0.3 is 11.9 Å². The highest BCUT2D eigenvalue weighted by Gasteiger charge is 2.31. The first-order chi connectivity index (χ1) is 33.7. The fourth-order valence-electron chi connectivity index (χ4n) is 8.35. The smallest absolute Gasteiger partial charge is 0.306 e. The van der Waals surface area contributed by atoms with E-state index in [1.165, 1.54) is 0 Å². The summed E-state index contributed by atoms with van der Waals surface area (Å²) < 4.78 is 52.1. The molecule has 0 saturated heterocycles. The minimum Gasteiger partial charge on any atom is -0.505 e. The van der Waals surface area contributed by atoms with E-state index in [1.807, 2.05) is 101 Å². The monoisotopic (exact) mass is 968 g/mol. The van der Waals surface area contributed by atoms with Crippen LogP contribution in [0, 0.1) is 0 Å². The number of carbonyl (C=O) groups excluding carboxylic acids is 2. The third-order valence-corrected chi connectivity index (χ3v) is 12.1.